The molecule has 0 amide bonds. The van der Waals surface area contributed by atoms with Gasteiger partial charge in [0.05, 0.1) is 6.61 Å². The highest BCUT2D eigenvalue weighted by Gasteiger charge is 2.32. The van der Waals surface area contributed by atoms with Crippen molar-refractivity contribution in [3.63, 3.8) is 0 Å². The van der Waals surface area contributed by atoms with Gasteiger partial charge < -0.3 is 4.74 Å². The van der Waals surface area contributed by atoms with Crippen LogP contribution in [0.4, 0.5) is 0 Å². The van der Waals surface area contributed by atoms with Crippen LogP contribution in [0.15, 0.2) is 24.3 Å². The SMILES string of the molecule is C[C@@]1(C=O)OCCc2ccccc21. The fourth-order valence-corrected chi connectivity index (χ4v) is 1.77. The minimum absolute atomic E-state index is 0.631. The summed E-state index contributed by atoms with van der Waals surface area (Å²) in [5.41, 5.74) is 1.51. The first-order valence-corrected chi connectivity index (χ1v) is 4.45. The monoisotopic (exact) mass is 176 g/mol. The standard InChI is InChI=1S/C11H12O2/c1-11(8-12)10-5-3-2-4-9(10)6-7-13-11/h2-5,8H,6-7H2,1H3/t11-/m0/s1. The molecule has 0 fully saturated rings. The van der Waals surface area contributed by atoms with Crippen molar-refractivity contribution in [2.75, 3.05) is 6.61 Å². The zero-order chi connectivity index (χ0) is 9.31. The molecule has 0 aromatic heterocycles. The number of carbonyl (C=O) groups is 1. The molecule has 2 heteroatoms. The molecule has 2 rings (SSSR count). The second-order valence-corrected chi connectivity index (χ2v) is 3.48. The molecule has 13 heavy (non-hydrogen) atoms. The van der Waals surface area contributed by atoms with Gasteiger partial charge in [0.1, 0.15) is 5.60 Å². The Kier molecular flexibility index (Phi) is 1.93. The van der Waals surface area contributed by atoms with E-state index in [1.807, 2.05) is 25.1 Å². The number of ether oxygens (including phenoxy) is 1. The number of fused-ring (bicyclic) bond motifs is 1. The molecule has 1 aromatic rings. The second kappa shape index (κ2) is 2.96. The highest BCUT2D eigenvalue weighted by molar-refractivity contribution is 5.67. The van der Waals surface area contributed by atoms with Gasteiger partial charge in [0, 0.05) is 0 Å². The minimum Gasteiger partial charge on any atom is -0.363 e. The molecule has 0 unspecified atom stereocenters. The van der Waals surface area contributed by atoms with Crippen LogP contribution in [0.3, 0.4) is 0 Å². The molecule has 0 N–H and O–H groups in total. The smallest absolute Gasteiger partial charge is 0.156 e. The van der Waals surface area contributed by atoms with E-state index in [-0.39, 0.29) is 0 Å². The second-order valence-electron chi connectivity index (χ2n) is 3.48. The van der Waals surface area contributed by atoms with Crippen molar-refractivity contribution in [3.8, 4) is 0 Å². The maximum absolute atomic E-state index is 10.9. The van der Waals surface area contributed by atoms with Gasteiger partial charge >= 0.3 is 0 Å². The zero-order valence-electron chi connectivity index (χ0n) is 7.62. The van der Waals surface area contributed by atoms with Crippen LogP contribution in [-0.2, 0) is 21.6 Å². The molecule has 2 nitrogen and oxygen atoms in total. The van der Waals surface area contributed by atoms with Crippen LogP contribution in [0, 0.1) is 0 Å². The molecule has 0 saturated heterocycles. The summed E-state index contributed by atoms with van der Waals surface area (Å²) in [7, 11) is 0. The Morgan fingerprint density at radius 2 is 2.23 bits per heavy atom. The molecule has 1 atom stereocenters. The summed E-state index contributed by atoms with van der Waals surface area (Å²) in [5.74, 6) is 0. The molecule has 0 spiro atoms. The maximum atomic E-state index is 10.9. The average Bonchev–Trinajstić information content (AvgIpc) is 2.19. The number of rotatable bonds is 1. The Morgan fingerprint density at radius 1 is 1.46 bits per heavy atom. The van der Waals surface area contributed by atoms with Crippen LogP contribution < -0.4 is 0 Å². The van der Waals surface area contributed by atoms with E-state index >= 15 is 0 Å². The van der Waals surface area contributed by atoms with Crippen molar-refractivity contribution < 1.29 is 9.53 Å². The van der Waals surface area contributed by atoms with Crippen LogP contribution >= 0.6 is 0 Å². The number of hydrogen-bond acceptors (Lipinski definition) is 2. The van der Waals surface area contributed by atoms with Crippen LogP contribution in [0.25, 0.3) is 0 Å². The Morgan fingerprint density at radius 3 is 3.00 bits per heavy atom. The maximum Gasteiger partial charge on any atom is 0.156 e. The quantitative estimate of drug-likeness (QED) is 0.608. The Bertz CT molecular complexity index is 333. The van der Waals surface area contributed by atoms with E-state index in [1.165, 1.54) is 5.56 Å². The van der Waals surface area contributed by atoms with Gasteiger partial charge in [-0.05, 0) is 24.5 Å². The van der Waals surface area contributed by atoms with E-state index in [0.29, 0.717) is 6.61 Å². The first-order valence-electron chi connectivity index (χ1n) is 4.45. The van der Waals surface area contributed by atoms with Gasteiger partial charge in [-0.15, -0.1) is 0 Å². The molecule has 1 aliphatic rings. The van der Waals surface area contributed by atoms with Crippen molar-refractivity contribution in [2.24, 2.45) is 0 Å². The lowest BCUT2D eigenvalue weighted by molar-refractivity contribution is -0.131. The third-order valence-electron chi connectivity index (χ3n) is 2.55. The van der Waals surface area contributed by atoms with Crippen LogP contribution in [-0.4, -0.2) is 12.9 Å². The lowest BCUT2D eigenvalue weighted by atomic mass is 9.89. The lowest BCUT2D eigenvalue weighted by Gasteiger charge is -2.31. The molecule has 0 radical (unpaired) electrons. The first-order chi connectivity index (χ1) is 6.26. The fourth-order valence-electron chi connectivity index (χ4n) is 1.77. The molecule has 0 aliphatic carbocycles. The van der Waals surface area contributed by atoms with Gasteiger partial charge in [0.2, 0.25) is 0 Å². The lowest BCUT2D eigenvalue weighted by Crippen LogP contribution is -2.33. The number of hydrogen-bond donors (Lipinski definition) is 0. The van der Waals surface area contributed by atoms with Crippen molar-refractivity contribution in [1.82, 2.24) is 0 Å². The molecular weight excluding hydrogens is 164 g/mol. The fraction of sp³-hybridized carbons (Fsp3) is 0.364. The molecule has 1 aromatic carbocycles. The molecule has 1 aliphatic heterocycles. The molecule has 0 saturated carbocycles. The number of aldehydes is 1. The molecular formula is C11H12O2. The van der Waals surface area contributed by atoms with Crippen LogP contribution in [0.1, 0.15) is 18.1 Å². The summed E-state index contributed by atoms with van der Waals surface area (Å²) in [6.45, 7) is 2.45. The Hall–Kier alpha value is -1.15. The van der Waals surface area contributed by atoms with E-state index in [4.69, 9.17) is 4.74 Å². The summed E-state index contributed by atoms with van der Waals surface area (Å²) in [4.78, 5) is 10.9. The van der Waals surface area contributed by atoms with E-state index in [0.717, 1.165) is 18.3 Å². The zero-order valence-corrected chi connectivity index (χ0v) is 7.62. The van der Waals surface area contributed by atoms with Gasteiger partial charge in [-0.1, -0.05) is 24.3 Å². The van der Waals surface area contributed by atoms with E-state index in [1.54, 1.807) is 0 Å². The molecule has 68 valence electrons. The Balaban J connectivity index is 2.54. The van der Waals surface area contributed by atoms with Gasteiger partial charge in [-0.25, -0.2) is 0 Å². The summed E-state index contributed by atoms with van der Waals surface area (Å²) >= 11 is 0. The van der Waals surface area contributed by atoms with Crippen molar-refractivity contribution in [1.29, 1.82) is 0 Å². The molecule has 0 bridgehead atoms. The average molecular weight is 176 g/mol. The topological polar surface area (TPSA) is 26.3 Å². The van der Waals surface area contributed by atoms with E-state index < -0.39 is 5.60 Å². The van der Waals surface area contributed by atoms with E-state index in [2.05, 4.69) is 6.07 Å². The van der Waals surface area contributed by atoms with Gasteiger partial charge in [0.15, 0.2) is 6.29 Å². The van der Waals surface area contributed by atoms with E-state index in [9.17, 15) is 4.79 Å². The van der Waals surface area contributed by atoms with Crippen LogP contribution in [0.5, 0.6) is 0 Å². The highest BCUT2D eigenvalue weighted by Crippen LogP contribution is 2.30. The highest BCUT2D eigenvalue weighted by atomic mass is 16.5. The first kappa shape index (κ1) is 8.45. The van der Waals surface area contributed by atoms with Crippen LogP contribution in [0.2, 0.25) is 0 Å². The predicted octanol–water partition coefficient (Wildman–Crippen LogP) is 1.67. The molecule has 1 heterocycles. The van der Waals surface area contributed by atoms with Crippen molar-refractivity contribution in [2.45, 2.75) is 18.9 Å². The summed E-state index contributed by atoms with van der Waals surface area (Å²) < 4.78 is 5.47. The summed E-state index contributed by atoms with van der Waals surface area (Å²) in [6, 6.07) is 7.95. The van der Waals surface area contributed by atoms with Crippen molar-refractivity contribution in [3.05, 3.63) is 35.4 Å². The summed E-state index contributed by atoms with van der Waals surface area (Å²) in [5, 5.41) is 0. The third kappa shape index (κ3) is 1.27. The van der Waals surface area contributed by atoms with Gasteiger partial charge in [-0.3, -0.25) is 4.79 Å². The summed E-state index contributed by atoms with van der Waals surface area (Å²) in [6.07, 6.45) is 1.78. The largest absolute Gasteiger partial charge is 0.363 e. The Labute approximate surface area is 77.5 Å². The third-order valence-corrected chi connectivity index (χ3v) is 2.55. The normalized spacial score (nSPS) is 26.5. The number of benzene rings is 1. The van der Waals surface area contributed by atoms with Gasteiger partial charge in [0.25, 0.3) is 0 Å². The minimum atomic E-state index is -0.727. The van der Waals surface area contributed by atoms with Gasteiger partial charge in [-0.2, -0.15) is 0 Å². The van der Waals surface area contributed by atoms with Crippen molar-refractivity contribution >= 4 is 6.29 Å². The predicted molar refractivity (Wildman–Crippen MR) is 49.5 cm³/mol. The number of carbonyl (C=O) groups excluding carboxylic acids is 1.